The molecule has 1 aliphatic heterocycles. The van der Waals surface area contributed by atoms with Crippen LogP contribution in [0.2, 0.25) is 0 Å². The third kappa shape index (κ3) is 5.49. The molecule has 0 spiro atoms. The first kappa shape index (κ1) is 22.9. The summed E-state index contributed by atoms with van der Waals surface area (Å²) >= 11 is 0. The van der Waals surface area contributed by atoms with E-state index in [1.54, 1.807) is 19.9 Å². The third-order valence-corrected chi connectivity index (χ3v) is 6.05. The second kappa shape index (κ2) is 9.58. The van der Waals surface area contributed by atoms with E-state index in [0.29, 0.717) is 30.2 Å². The lowest BCUT2D eigenvalue weighted by Crippen LogP contribution is -2.41. The van der Waals surface area contributed by atoms with Crippen LogP contribution in [-0.2, 0) is 40.4 Å². The van der Waals surface area contributed by atoms with Gasteiger partial charge in [0.2, 0.25) is 0 Å². The highest BCUT2D eigenvalue weighted by Gasteiger charge is 2.34. The summed E-state index contributed by atoms with van der Waals surface area (Å²) in [5.74, 6) is -2.11. The van der Waals surface area contributed by atoms with Crippen molar-refractivity contribution in [2.45, 2.75) is 38.6 Å². The number of carbonyl (C=O) groups excluding carboxylic acids is 2. The number of amides is 2. The van der Waals surface area contributed by atoms with Gasteiger partial charge in [0.15, 0.2) is 16.1 Å². The van der Waals surface area contributed by atoms with Crippen LogP contribution in [0.5, 0.6) is 0 Å². The number of benzene rings is 1. The van der Waals surface area contributed by atoms with Crippen molar-refractivity contribution < 1.29 is 27.5 Å². The Bertz CT molecular complexity index is 1070. The van der Waals surface area contributed by atoms with Gasteiger partial charge in [0.05, 0.1) is 29.4 Å². The van der Waals surface area contributed by atoms with Crippen molar-refractivity contribution >= 4 is 27.5 Å². The largest absolute Gasteiger partial charge is 0.351 e. The van der Waals surface area contributed by atoms with E-state index >= 15 is 0 Å². The number of anilines is 1. The third-order valence-electron chi connectivity index (χ3n) is 4.61. The molecule has 0 saturated carbocycles. The average molecular weight is 451 g/mol. The summed E-state index contributed by atoms with van der Waals surface area (Å²) in [6.45, 7) is 6.27. The highest BCUT2D eigenvalue weighted by atomic mass is 32.2. The van der Waals surface area contributed by atoms with Crippen LogP contribution in [0.25, 0.3) is 5.69 Å². The summed E-state index contributed by atoms with van der Waals surface area (Å²) in [5, 5.41) is 9.39. The summed E-state index contributed by atoms with van der Waals surface area (Å²) in [6, 6.07) is 7.37. The van der Waals surface area contributed by atoms with Crippen molar-refractivity contribution in [1.82, 2.24) is 15.1 Å². The predicted octanol–water partition coefficient (Wildman–Crippen LogP) is 1.06. The van der Waals surface area contributed by atoms with Gasteiger partial charge < -0.3 is 20.1 Å². The molecule has 0 radical (unpaired) electrons. The zero-order valence-electron chi connectivity index (χ0n) is 17.7. The van der Waals surface area contributed by atoms with Gasteiger partial charge in [0, 0.05) is 18.8 Å². The number of aryl methyl sites for hydroxylation is 1. The van der Waals surface area contributed by atoms with Crippen LogP contribution in [0, 0.1) is 6.92 Å². The highest BCUT2D eigenvalue weighted by molar-refractivity contribution is 7.90. The van der Waals surface area contributed by atoms with Crippen LogP contribution in [0.15, 0.2) is 24.3 Å². The van der Waals surface area contributed by atoms with E-state index in [4.69, 9.17) is 9.47 Å². The van der Waals surface area contributed by atoms with Gasteiger partial charge in [-0.25, -0.2) is 13.1 Å². The molecule has 10 nitrogen and oxygen atoms in total. The molecule has 1 aromatic heterocycles. The Kier molecular flexibility index (Phi) is 7.08. The molecule has 11 heteroatoms. The van der Waals surface area contributed by atoms with E-state index in [-0.39, 0.29) is 23.9 Å². The molecular weight excluding hydrogens is 424 g/mol. The molecule has 0 saturated heterocycles. The number of hydrogen-bond acceptors (Lipinski definition) is 7. The Morgan fingerprint density at radius 3 is 2.52 bits per heavy atom. The second-order valence-electron chi connectivity index (χ2n) is 7.06. The van der Waals surface area contributed by atoms with Gasteiger partial charge in [0.1, 0.15) is 5.82 Å². The molecular formula is C20H26N4O6S. The number of sulfone groups is 1. The first-order valence-electron chi connectivity index (χ1n) is 9.94. The van der Waals surface area contributed by atoms with Gasteiger partial charge in [-0.15, -0.1) is 0 Å². The fourth-order valence-corrected chi connectivity index (χ4v) is 4.77. The number of fused-ring (bicyclic) bond motifs is 1. The molecule has 168 valence electrons. The molecule has 2 heterocycles. The Labute approximate surface area is 180 Å². The standard InChI is InChI=1S/C20H26N4O6S/c1-4-29-17(30-5-2)10-21-19(25)20(26)22-18-15-11-31(27,28)12-16(15)23-24(18)14-8-6-7-13(3)9-14/h6-9,17H,4-5,10-12H2,1-3H3,(H,21,25)(H,22,26). The molecule has 31 heavy (non-hydrogen) atoms. The first-order chi connectivity index (χ1) is 14.7. The minimum atomic E-state index is -3.34. The molecule has 2 N–H and O–H groups in total. The molecule has 0 atom stereocenters. The minimum Gasteiger partial charge on any atom is -0.351 e. The number of nitrogens with zero attached hydrogens (tertiary/aromatic N) is 2. The van der Waals surface area contributed by atoms with Crippen LogP contribution in [-0.4, -0.2) is 56.1 Å². The molecule has 0 aliphatic carbocycles. The fourth-order valence-electron chi connectivity index (χ4n) is 3.28. The average Bonchev–Trinajstić information content (AvgIpc) is 3.18. The summed E-state index contributed by atoms with van der Waals surface area (Å²) in [6.07, 6.45) is -0.668. The van der Waals surface area contributed by atoms with Crippen LogP contribution >= 0.6 is 0 Å². The summed E-state index contributed by atoms with van der Waals surface area (Å²) in [5.41, 5.74) is 2.37. The van der Waals surface area contributed by atoms with Crippen molar-refractivity contribution in [3.8, 4) is 5.69 Å². The highest BCUT2D eigenvalue weighted by Crippen LogP contribution is 2.33. The second-order valence-corrected chi connectivity index (χ2v) is 9.13. The van der Waals surface area contributed by atoms with Crippen LogP contribution < -0.4 is 10.6 Å². The lowest BCUT2D eigenvalue weighted by atomic mass is 10.2. The molecule has 0 fully saturated rings. The maximum Gasteiger partial charge on any atom is 0.314 e. The van der Waals surface area contributed by atoms with E-state index < -0.39 is 27.9 Å². The van der Waals surface area contributed by atoms with Crippen LogP contribution in [0.3, 0.4) is 0 Å². The summed E-state index contributed by atoms with van der Waals surface area (Å²) < 4.78 is 36.2. The van der Waals surface area contributed by atoms with Gasteiger partial charge in [-0.3, -0.25) is 9.59 Å². The molecule has 0 unspecified atom stereocenters. The Morgan fingerprint density at radius 1 is 1.16 bits per heavy atom. The monoisotopic (exact) mass is 450 g/mol. The summed E-state index contributed by atoms with van der Waals surface area (Å²) in [7, 11) is -3.34. The SMILES string of the molecule is CCOC(CNC(=O)C(=O)Nc1c2c(nn1-c1cccc(C)c1)CS(=O)(=O)C2)OCC. The van der Waals surface area contributed by atoms with Crippen molar-refractivity contribution in [1.29, 1.82) is 0 Å². The molecule has 2 amide bonds. The predicted molar refractivity (Wildman–Crippen MR) is 113 cm³/mol. The zero-order valence-corrected chi connectivity index (χ0v) is 18.5. The molecule has 1 aromatic carbocycles. The van der Waals surface area contributed by atoms with Crippen molar-refractivity contribution in [3.63, 3.8) is 0 Å². The van der Waals surface area contributed by atoms with E-state index in [2.05, 4.69) is 15.7 Å². The number of nitrogens with one attached hydrogen (secondary N) is 2. The van der Waals surface area contributed by atoms with Crippen LogP contribution in [0.4, 0.5) is 5.82 Å². The minimum absolute atomic E-state index is 0.00242. The Balaban J connectivity index is 1.81. The number of hydrogen-bond donors (Lipinski definition) is 2. The molecule has 3 rings (SSSR count). The van der Waals surface area contributed by atoms with Crippen molar-refractivity contribution in [2.75, 3.05) is 25.1 Å². The van der Waals surface area contributed by atoms with Gasteiger partial charge in [-0.05, 0) is 38.5 Å². The summed E-state index contributed by atoms with van der Waals surface area (Å²) in [4.78, 5) is 24.9. The fraction of sp³-hybridized carbons (Fsp3) is 0.450. The maximum absolute atomic E-state index is 12.6. The van der Waals surface area contributed by atoms with Gasteiger partial charge in [-0.2, -0.15) is 5.10 Å². The van der Waals surface area contributed by atoms with Gasteiger partial charge in [-0.1, -0.05) is 12.1 Å². The van der Waals surface area contributed by atoms with E-state index in [1.807, 2.05) is 25.1 Å². The number of carbonyl (C=O) groups is 2. The first-order valence-corrected chi connectivity index (χ1v) is 11.8. The maximum atomic E-state index is 12.6. The van der Waals surface area contributed by atoms with E-state index in [1.165, 1.54) is 4.68 Å². The number of rotatable bonds is 8. The normalized spacial score (nSPS) is 14.5. The van der Waals surface area contributed by atoms with Gasteiger partial charge in [0.25, 0.3) is 0 Å². The molecule has 0 bridgehead atoms. The number of aromatic nitrogens is 2. The van der Waals surface area contributed by atoms with Crippen molar-refractivity contribution in [2.24, 2.45) is 0 Å². The zero-order chi connectivity index (χ0) is 22.6. The quantitative estimate of drug-likeness (QED) is 0.455. The lowest BCUT2D eigenvalue weighted by Gasteiger charge is -2.17. The Morgan fingerprint density at radius 2 is 1.87 bits per heavy atom. The number of ether oxygens (including phenoxy) is 2. The molecule has 1 aliphatic rings. The topological polar surface area (TPSA) is 129 Å². The Hall–Kier alpha value is -2.76. The molecule has 2 aromatic rings. The van der Waals surface area contributed by atoms with E-state index in [9.17, 15) is 18.0 Å². The smallest absolute Gasteiger partial charge is 0.314 e. The van der Waals surface area contributed by atoms with Gasteiger partial charge >= 0.3 is 11.8 Å². The van der Waals surface area contributed by atoms with Crippen LogP contribution in [0.1, 0.15) is 30.7 Å². The van der Waals surface area contributed by atoms with Crippen molar-refractivity contribution in [3.05, 3.63) is 41.1 Å². The van der Waals surface area contributed by atoms with E-state index in [0.717, 1.165) is 5.56 Å². The lowest BCUT2D eigenvalue weighted by molar-refractivity contribution is -0.145.